The van der Waals surface area contributed by atoms with Gasteiger partial charge in [-0.2, -0.15) is 5.10 Å². The molecule has 0 radical (unpaired) electrons. The molecule has 1 aromatic carbocycles. The van der Waals surface area contributed by atoms with Crippen molar-refractivity contribution < 1.29 is 5.11 Å². The second kappa shape index (κ2) is 6.37. The number of benzene rings is 1. The predicted octanol–water partition coefficient (Wildman–Crippen LogP) is 2.61. The third-order valence-corrected chi connectivity index (χ3v) is 6.48. The standard InChI is InChI=1S/C20H19N5O2S/c1-11-13(9-22-25-11)16-7-14-17(28-16)19(26)24-18(23-14)15-8-20(27,10-21-15)12-5-3-2-4-6-12/h2-7,9,15,21,27H,8,10H2,1H3,(H,22,25)(H,23,24,26). The quantitative estimate of drug-likeness (QED) is 0.428. The Balaban J connectivity index is 1.50. The van der Waals surface area contributed by atoms with Crippen molar-refractivity contribution in [2.45, 2.75) is 25.0 Å². The molecular formula is C20H19N5O2S. The van der Waals surface area contributed by atoms with Gasteiger partial charge in [-0.3, -0.25) is 9.89 Å². The average Bonchev–Trinajstić information content (AvgIpc) is 3.41. The van der Waals surface area contributed by atoms with Crippen molar-refractivity contribution in [3.05, 3.63) is 70.0 Å². The van der Waals surface area contributed by atoms with Crippen LogP contribution in [0.3, 0.4) is 0 Å². The summed E-state index contributed by atoms with van der Waals surface area (Å²) in [6, 6.07) is 11.3. The number of aromatic amines is 2. The summed E-state index contributed by atoms with van der Waals surface area (Å²) in [4.78, 5) is 21.2. The molecular weight excluding hydrogens is 374 g/mol. The Kier molecular flexibility index (Phi) is 3.94. The van der Waals surface area contributed by atoms with Crippen molar-refractivity contribution in [1.29, 1.82) is 0 Å². The lowest BCUT2D eigenvalue weighted by atomic mass is 9.91. The maximum absolute atomic E-state index is 12.7. The van der Waals surface area contributed by atoms with Crippen LogP contribution < -0.4 is 10.9 Å². The molecule has 0 spiro atoms. The maximum Gasteiger partial charge on any atom is 0.268 e. The van der Waals surface area contributed by atoms with Crippen LogP contribution in [0.15, 0.2) is 47.4 Å². The number of rotatable bonds is 3. The van der Waals surface area contributed by atoms with Crippen LogP contribution in [-0.4, -0.2) is 31.8 Å². The van der Waals surface area contributed by atoms with Crippen LogP contribution in [0.5, 0.6) is 0 Å². The van der Waals surface area contributed by atoms with Crippen LogP contribution in [0.25, 0.3) is 20.7 Å². The van der Waals surface area contributed by atoms with E-state index in [9.17, 15) is 9.90 Å². The van der Waals surface area contributed by atoms with Crippen LogP contribution in [0.1, 0.15) is 29.5 Å². The number of hydrogen-bond donors (Lipinski definition) is 4. The van der Waals surface area contributed by atoms with Crippen molar-refractivity contribution in [2.75, 3.05) is 6.54 Å². The molecule has 142 valence electrons. The first kappa shape index (κ1) is 17.3. The predicted molar refractivity (Wildman–Crippen MR) is 108 cm³/mol. The van der Waals surface area contributed by atoms with Gasteiger partial charge < -0.3 is 15.4 Å². The van der Waals surface area contributed by atoms with E-state index in [4.69, 9.17) is 0 Å². The number of thiophene rings is 1. The molecule has 0 aliphatic carbocycles. The molecule has 2 atom stereocenters. The fraction of sp³-hybridized carbons (Fsp3) is 0.250. The highest BCUT2D eigenvalue weighted by Gasteiger charge is 2.40. The summed E-state index contributed by atoms with van der Waals surface area (Å²) in [5, 5.41) is 21.3. The minimum atomic E-state index is -0.979. The van der Waals surface area contributed by atoms with Crippen molar-refractivity contribution in [3.63, 3.8) is 0 Å². The summed E-state index contributed by atoms with van der Waals surface area (Å²) in [5.74, 6) is 0.553. The van der Waals surface area contributed by atoms with E-state index in [0.717, 1.165) is 21.7 Å². The summed E-state index contributed by atoms with van der Waals surface area (Å²) < 4.78 is 0.593. The summed E-state index contributed by atoms with van der Waals surface area (Å²) in [6.45, 7) is 2.36. The lowest BCUT2D eigenvalue weighted by Gasteiger charge is -2.22. The summed E-state index contributed by atoms with van der Waals surface area (Å²) >= 11 is 1.41. The molecule has 1 saturated heterocycles. The number of nitrogens with zero attached hydrogens (tertiary/aromatic N) is 2. The Morgan fingerprint density at radius 3 is 2.86 bits per heavy atom. The van der Waals surface area contributed by atoms with E-state index in [0.29, 0.717) is 29.0 Å². The topological polar surface area (TPSA) is 107 Å². The third-order valence-electron chi connectivity index (χ3n) is 5.32. The van der Waals surface area contributed by atoms with E-state index < -0.39 is 5.60 Å². The van der Waals surface area contributed by atoms with Gasteiger partial charge in [0.15, 0.2) is 0 Å². The maximum atomic E-state index is 12.7. The van der Waals surface area contributed by atoms with Gasteiger partial charge in [-0.1, -0.05) is 30.3 Å². The number of β-amino-alcohol motifs (C(OH)–C–C–N with tert-alkyl or cyclic N) is 1. The van der Waals surface area contributed by atoms with E-state index in [-0.39, 0.29) is 11.6 Å². The van der Waals surface area contributed by atoms with Gasteiger partial charge in [-0.25, -0.2) is 4.98 Å². The van der Waals surface area contributed by atoms with Gasteiger partial charge in [-0.15, -0.1) is 11.3 Å². The number of fused-ring (bicyclic) bond motifs is 1. The molecule has 4 aromatic rings. The van der Waals surface area contributed by atoms with Crippen LogP contribution in [-0.2, 0) is 5.60 Å². The number of hydrogen-bond acceptors (Lipinski definition) is 6. The Morgan fingerprint density at radius 2 is 2.11 bits per heavy atom. The minimum absolute atomic E-state index is 0.158. The van der Waals surface area contributed by atoms with Crippen molar-refractivity contribution >= 4 is 21.6 Å². The molecule has 7 nitrogen and oxygen atoms in total. The minimum Gasteiger partial charge on any atom is -0.384 e. The van der Waals surface area contributed by atoms with Crippen LogP contribution in [0.2, 0.25) is 0 Å². The average molecular weight is 393 g/mol. The number of H-pyrrole nitrogens is 2. The zero-order valence-corrected chi connectivity index (χ0v) is 16.0. The third kappa shape index (κ3) is 2.77. The first-order chi connectivity index (χ1) is 13.5. The van der Waals surface area contributed by atoms with Crippen LogP contribution in [0.4, 0.5) is 0 Å². The fourth-order valence-electron chi connectivity index (χ4n) is 3.79. The Hall–Kier alpha value is -2.81. The largest absolute Gasteiger partial charge is 0.384 e. The first-order valence-electron chi connectivity index (χ1n) is 9.09. The fourth-order valence-corrected chi connectivity index (χ4v) is 4.85. The monoisotopic (exact) mass is 393 g/mol. The lowest BCUT2D eigenvalue weighted by molar-refractivity contribution is 0.0556. The molecule has 3 aromatic heterocycles. The number of aromatic nitrogens is 4. The molecule has 2 unspecified atom stereocenters. The lowest BCUT2D eigenvalue weighted by Crippen LogP contribution is -2.28. The highest BCUT2D eigenvalue weighted by Crippen LogP contribution is 2.37. The molecule has 1 aliphatic rings. The Bertz CT molecular complexity index is 1210. The Labute approximate surface area is 164 Å². The summed E-state index contributed by atoms with van der Waals surface area (Å²) in [7, 11) is 0. The van der Waals surface area contributed by atoms with Gasteiger partial charge in [0, 0.05) is 29.1 Å². The van der Waals surface area contributed by atoms with Crippen molar-refractivity contribution in [2.24, 2.45) is 0 Å². The van der Waals surface area contributed by atoms with E-state index >= 15 is 0 Å². The van der Waals surface area contributed by atoms with Gasteiger partial charge in [0.25, 0.3) is 5.56 Å². The van der Waals surface area contributed by atoms with Crippen molar-refractivity contribution in [3.8, 4) is 10.4 Å². The van der Waals surface area contributed by atoms with Gasteiger partial charge in [0.05, 0.1) is 17.8 Å². The zero-order valence-electron chi connectivity index (χ0n) is 15.2. The highest BCUT2D eigenvalue weighted by molar-refractivity contribution is 7.22. The normalized spacial score (nSPS) is 22.1. The summed E-state index contributed by atoms with van der Waals surface area (Å²) in [6.07, 6.45) is 2.21. The number of nitrogens with one attached hydrogen (secondary N) is 3. The van der Waals surface area contributed by atoms with Crippen molar-refractivity contribution in [1.82, 2.24) is 25.5 Å². The number of aryl methyl sites for hydroxylation is 1. The molecule has 0 saturated carbocycles. The smallest absolute Gasteiger partial charge is 0.268 e. The van der Waals surface area contributed by atoms with Gasteiger partial charge in [0.2, 0.25) is 0 Å². The van der Waals surface area contributed by atoms with Crippen LogP contribution >= 0.6 is 11.3 Å². The second-order valence-electron chi connectivity index (χ2n) is 7.22. The molecule has 5 rings (SSSR count). The molecule has 0 amide bonds. The van der Waals surface area contributed by atoms with E-state index in [1.54, 1.807) is 6.20 Å². The van der Waals surface area contributed by atoms with Gasteiger partial charge in [-0.05, 0) is 18.6 Å². The highest BCUT2D eigenvalue weighted by atomic mass is 32.1. The molecule has 4 N–H and O–H groups in total. The second-order valence-corrected chi connectivity index (χ2v) is 8.27. The van der Waals surface area contributed by atoms with E-state index in [2.05, 4.69) is 25.5 Å². The van der Waals surface area contributed by atoms with Gasteiger partial charge >= 0.3 is 0 Å². The van der Waals surface area contributed by atoms with E-state index in [1.165, 1.54) is 11.3 Å². The first-order valence-corrected chi connectivity index (χ1v) is 9.90. The molecule has 28 heavy (non-hydrogen) atoms. The van der Waals surface area contributed by atoms with Crippen LogP contribution in [0, 0.1) is 6.92 Å². The molecule has 1 fully saturated rings. The van der Waals surface area contributed by atoms with E-state index in [1.807, 2.05) is 43.3 Å². The molecule has 4 heterocycles. The zero-order chi connectivity index (χ0) is 19.3. The number of aliphatic hydroxyl groups is 1. The Morgan fingerprint density at radius 1 is 1.29 bits per heavy atom. The molecule has 8 heteroatoms. The SMILES string of the molecule is Cc1[nH]ncc1-c1cc2nc(C3CC(O)(c4ccccc4)CN3)[nH]c(=O)c2s1. The summed E-state index contributed by atoms with van der Waals surface area (Å²) in [5.41, 5.74) is 2.31. The van der Waals surface area contributed by atoms with Gasteiger partial charge in [0.1, 0.15) is 16.1 Å². The molecule has 0 bridgehead atoms. The molecule has 1 aliphatic heterocycles.